The molecule has 2 aromatic carbocycles. The summed E-state index contributed by atoms with van der Waals surface area (Å²) >= 11 is 1.44. The second kappa shape index (κ2) is 6.57. The molecule has 0 heterocycles. The van der Waals surface area contributed by atoms with Crippen LogP contribution in [0.4, 0.5) is 4.39 Å². The summed E-state index contributed by atoms with van der Waals surface area (Å²) in [5.74, 6) is -0.182. The van der Waals surface area contributed by atoms with E-state index in [9.17, 15) is 9.18 Å². The Morgan fingerprint density at radius 1 is 1.20 bits per heavy atom. The number of carbonyl (C=O) groups excluding carboxylic acids is 1. The number of halogens is 1. The minimum atomic E-state index is -0.515. The van der Waals surface area contributed by atoms with Crippen LogP contribution in [0.1, 0.15) is 15.9 Å². The first-order valence-electron chi connectivity index (χ1n) is 6.16. The average Bonchev–Trinajstić information content (AvgIpc) is 2.46. The lowest BCUT2D eigenvalue weighted by Gasteiger charge is -2.05. The van der Waals surface area contributed by atoms with E-state index in [1.807, 2.05) is 31.2 Å². The van der Waals surface area contributed by atoms with Crippen molar-refractivity contribution >= 4 is 17.5 Å². The molecule has 0 aliphatic carbocycles. The highest BCUT2D eigenvalue weighted by atomic mass is 32.2. The highest BCUT2D eigenvalue weighted by Gasteiger charge is 2.10. The number of aryl methyl sites for hydroxylation is 1. The molecular formula is C16H15FO2S. The van der Waals surface area contributed by atoms with Crippen LogP contribution in [-0.4, -0.2) is 18.6 Å². The second-order valence-electron chi connectivity index (χ2n) is 4.37. The maximum absolute atomic E-state index is 13.5. The molecule has 20 heavy (non-hydrogen) atoms. The lowest BCUT2D eigenvalue weighted by molar-refractivity contribution is 0.102. The molecule has 104 valence electrons. The number of hydrogen-bond acceptors (Lipinski definition) is 3. The van der Waals surface area contributed by atoms with Gasteiger partial charge in [-0.05, 0) is 37.3 Å². The summed E-state index contributed by atoms with van der Waals surface area (Å²) in [6, 6.07) is 12.2. The van der Waals surface area contributed by atoms with E-state index in [1.54, 1.807) is 6.07 Å². The van der Waals surface area contributed by atoms with Crippen LogP contribution in [0.15, 0.2) is 47.4 Å². The Hall–Kier alpha value is -1.81. The topological polar surface area (TPSA) is 26.3 Å². The molecule has 0 aromatic heterocycles. The van der Waals surface area contributed by atoms with Crippen LogP contribution in [0.3, 0.4) is 0 Å². The van der Waals surface area contributed by atoms with E-state index in [0.717, 1.165) is 4.90 Å². The highest BCUT2D eigenvalue weighted by molar-refractivity contribution is 8.00. The van der Waals surface area contributed by atoms with Gasteiger partial charge in [-0.15, -0.1) is 11.8 Å². The Morgan fingerprint density at radius 3 is 2.50 bits per heavy atom. The smallest absolute Gasteiger partial charge is 0.173 e. The van der Waals surface area contributed by atoms with Gasteiger partial charge in [0.25, 0.3) is 0 Å². The first kappa shape index (κ1) is 14.6. The number of thioether (sulfide) groups is 1. The minimum Gasteiger partial charge on any atom is -0.494 e. The second-order valence-corrected chi connectivity index (χ2v) is 5.42. The zero-order valence-electron chi connectivity index (χ0n) is 11.4. The Kier molecular flexibility index (Phi) is 4.79. The first-order chi connectivity index (χ1) is 9.60. The molecule has 0 atom stereocenters. The summed E-state index contributed by atoms with van der Waals surface area (Å²) in [5.41, 5.74) is 1.54. The van der Waals surface area contributed by atoms with Gasteiger partial charge in [0.2, 0.25) is 0 Å². The molecule has 0 radical (unpaired) electrons. The predicted molar refractivity (Wildman–Crippen MR) is 79.2 cm³/mol. The van der Waals surface area contributed by atoms with Gasteiger partial charge in [0.1, 0.15) is 0 Å². The molecule has 0 spiro atoms. The van der Waals surface area contributed by atoms with Gasteiger partial charge in [-0.1, -0.05) is 17.7 Å². The quantitative estimate of drug-likeness (QED) is 0.612. The first-order valence-corrected chi connectivity index (χ1v) is 7.15. The zero-order valence-corrected chi connectivity index (χ0v) is 12.2. The summed E-state index contributed by atoms with van der Waals surface area (Å²) in [6.45, 7) is 2.01. The number of hydrogen-bond donors (Lipinski definition) is 0. The molecule has 0 aliphatic rings. The molecule has 0 fully saturated rings. The molecule has 2 aromatic rings. The van der Waals surface area contributed by atoms with Gasteiger partial charge in [-0.3, -0.25) is 4.79 Å². The fourth-order valence-corrected chi connectivity index (χ4v) is 2.50. The molecule has 0 bridgehead atoms. The maximum atomic E-state index is 13.5. The molecule has 0 N–H and O–H groups in total. The number of ether oxygens (including phenoxy) is 1. The molecule has 0 saturated carbocycles. The summed E-state index contributed by atoms with van der Waals surface area (Å²) in [7, 11) is 1.40. The zero-order chi connectivity index (χ0) is 14.5. The molecule has 0 saturated heterocycles. The van der Waals surface area contributed by atoms with Crippen LogP contribution < -0.4 is 4.74 Å². The molecule has 0 aliphatic heterocycles. The normalized spacial score (nSPS) is 10.3. The number of methoxy groups -OCH3 is 1. The molecule has 4 heteroatoms. The van der Waals surface area contributed by atoms with Crippen molar-refractivity contribution in [1.82, 2.24) is 0 Å². The van der Waals surface area contributed by atoms with Crippen molar-refractivity contribution in [2.75, 3.05) is 12.9 Å². The predicted octanol–water partition coefficient (Wildman–Crippen LogP) is 4.12. The van der Waals surface area contributed by atoms with E-state index in [0.29, 0.717) is 5.56 Å². The Morgan fingerprint density at radius 2 is 1.90 bits per heavy atom. The van der Waals surface area contributed by atoms with Crippen LogP contribution in [0, 0.1) is 12.7 Å². The number of carbonyl (C=O) groups is 1. The van der Waals surface area contributed by atoms with Gasteiger partial charge < -0.3 is 4.74 Å². The third-order valence-corrected chi connectivity index (χ3v) is 3.88. The fraction of sp³-hybridized carbons (Fsp3) is 0.188. The average molecular weight is 290 g/mol. The number of rotatable bonds is 5. The third kappa shape index (κ3) is 3.61. The van der Waals surface area contributed by atoms with Crippen LogP contribution >= 0.6 is 11.8 Å². The summed E-state index contributed by atoms with van der Waals surface area (Å²) in [5, 5.41) is 0. The Bertz CT molecular complexity index is 608. The third-order valence-electron chi connectivity index (χ3n) is 2.86. The molecule has 0 amide bonds. The lowest BCUT2D eigenvalue weighted by atomic mass is 10.1. The van der Waals surface area contributed by atoms with Crippen molar-refractivity contribution in [3.8, 4) is 5.75 Å². The molecular weight excluding hydrogens is 275 g/mol. The number of ketones is 1. The standard InChI is InChI=1S/C16H15FO2S/c1-11-3-6-13(7-4-11)20-10-15(18)12-5-8-16(19-2)14(17)9-12/h3-9H,10H2,1-2H3. The van der Waals surface area contributed by atoms with Crippen LogP contribution in [0.2, 0.25) is 0 Å². The van der Waals surface area contributed by atoms with Gasteiger partial charge in [-0.2, -0.15) is 0 Å². The van der Waals surface area contributed by atoms with E-state index < -0.39 is 5.82 Å². The van der Waals surface area contributed by atoms with E-state index >= 15 is 0 Å². The monoisotopic (exact) mass is 290 g/mol. The van der Waals surface area contributed by atoms with E-state index in [4.69, 9.17) is 4.74 Å². The molecule has 0 unspecified atom stereocenters. The van der Waals surface area contributed by atoms with Crippen molar-refractivity contribution < 1.29 is 13.9 Å². The maximum Gasteiger partial charge on any atom is 0.173 e. The van der Waals surface area contributed by atoms with Crippen molar-refractivity contribution in [2.24, 2.45) is 0 Å². The number of benzene rings is 2. The van der Waals surface area contributed by atoms with Gasteiger partial charge in [0.05, 0.1) is 12.9 Å². The van der Waals surface area contributed by atoms with Crippen molar-refractivity contribution in [1.29, 1.82) is 0 Å². The van der Waals surface area contributed by atoms with E-state index in [1.165, 1.54) is 36.6 Å². The fourth-order valence-electron chi connectivity index (χ4n) is 1.71. The Balaban J connectivity index is 2.01. The van der Waals surface area contributed by atoms with Crippen LogP contribution in [0.5, 0.6) is 5.75 Å². The van der Waals surface area contributed by atoms with E-state index in [2.05, 4.69) is 0 Å². The summed E-state index contributed by atoms with van der Waals surface area (Å²) in [4.78, 5) is 13.0. The molecule has 2 rings (SSSR count). The lowest BCUT2D eigenvalue weighted by Crippen LogP contribution is -2.03. The SMILES string of the molecule is COc1ccc(C(=O)CSc2ccc(C)cc2)cc1F. The molecule has 2 nitrogen and oxygen atoms in total. The summed E-state index contributed by atoms with van der Waals surface area (Å²) < 4.78 is 18.4. The van der Waals surface area contributed by atoms with Gasteiger partial charge in [0.15, 0.2) is 17.3 Å². The van der Waals surface area contributed by atoms with Gasteiger partial charge >= 0.3 is 0 Å². The van der Waals surface area contributed by atoms with Crippen molar-refractivity contribution in [3.63, 3.8) is 0 Å². The minimum absolute atomic E-state index is 0.0999. The highest BCUT2D eigenvalue weighted by Crippen LogP contribution is 2.22. The number of Topliss-reactive ketones (excluding diaryl/α,β-unsaturated/α-hetero) is 1. The largest absolute Gasteiger partial charge is 0.494 e. The van der Waals surface area contributed by atoms with Gasteiger partial charge in [0, 0.05) is 10.5 Å². The Labute approximate surface area is 122 Å². The van der Waals surface area contributed by atoms with E-state index in [-0.39, 0.29) is 17.3 Å². The van der Waals surface area contributed by atoms with Crippen LogP contribution in [0.25, 0.3) is 0 Å². The summed E-state index contributed by atoms with van der Waals surface area (Å²) in [6.07, 6.45) is 0. The van der Waals surface area contributed by atoms with Crippen LogP contribution in [-0.2, 0) is 0 Å². The van der Waals surface area contributed by atoms with Gasteiger partial charge in [-0.25, -0.2) is 4.39 Å². The van der Waals surface area contributed by atoms with Crippen molar-refractivity contribution in [3.05, 3.63) is 59.4 Å². The van der Waals surface area contributed by atoms with Crippen molar-refractivity contribution in [2.45, 2.75) is 11.8 Å².